The number of carbonyl (C=O) groups is 1. The lowest BCUT2D eigenvalue weighted by molar-refractivity contribution is -0.117. The molecule has 1 aliphatic heterocycles. The van der Waals surface area contributed by atoms with E-state index in [2.05, 4.69) is 31.2 Å². The summed E-state index contributed by atoms with van der Waals surface area (Å²) in [6, 6.07) is 7.49. The first-order chi connectivity index (χ1) is 10.8. The number of benzene rings is 1. The first kappa shape index (κ1) is 16.4. The second-order valence-electron chi connectivity index (χ2n) is 6.94. The van der Waals surface area contributed by atoms with Gasteiger partial charge in [0, 0.05) is 28.5 Å². The predicted octanol–water partition coefficient (Wildman–Crippen LogP) is 4.65. The molecular formula is C17H20ClN3OS. The van der Waals surface area contributed by atoms with Gasteiger partial charge in [0.2, 0.25) is 5.91 Å². The third-order valence-corrected chi connectivity index (χ3v) is 4.79. The van der Waals surface area contributed by atoms with E-state index in [9.17, 15) is 4.79 Å². The van der Waals surface area contributed by atoms with Crippen LogP contribution in [-0.2, 0) is 16.3 Å². The van der Waals surface area contributed by atoms with Crippen LogP contribution < -0.4 is 5.32 Å². The van der Waals surface area contributed by atoms with Crippen molar-refractivity contribution in [2.75, 3.05) is 5.32 Å². The Hall–Kier alpha value is -1.46. The third kappa shape index (κ3) is 3.72. The molecule has 122 valence electrons. The minimum Gasteiger partial charge on any atom is -0.310 e. The predicted molar refractivity (Wildman–Crippen MR) is 96.3 cm³/mol. The summed E-state index contributed by atoms with van der Waals surface area (Å²) in [7, 11) is 0. The van der Waals surface area contributed by atoms with Gasteiger partial charge in [-0.25, -0.2) is 4.68 Å². The number of carbonyl (C=O) groups excluding carboxylic acids is 1. The fourth-order valence-electron chi connectivity index (χ4n) is 2.57. The first-order valence-corrected chi connectivity index (χ1v) is 9.11. The molecule has 0 saturated carbocycles. The van der Waals surface area contributed by atoms with E-state index < -0.39 is 0 Å². The molecule has 3 rings (SSSR count). The number of amides is 1. The van der Waals surface area contributed by atoms with Crippen molar-refractivity contribution in [3.8, 4) is 5.69 Å². The number of halogens is 1. The van der Waals surface area contributed by atoms with Crippen LogP contribution in [0, 0.1) is 5.41 Å². The van der Waals surface area contributed by atoms with Gasteiger partial charge in [-0.15, -0.1) is 0 Å². The molecule has 0 spiro atoms. The van der Waals surface area contributed by atoms with Crippen molar-refractivity contribution in [1.29, 1.82) is 0 Å². The van der Waals surface area contributed by atoms with Crippen LogP contribution in [0.5, 0.6) is 0 Å². The summed E-state index contributed by atoms with van der Waals surface area (Å²) in [6.45, 7) is 6.18. The zero-order chi connectivity index (χ0) is 16.6. The van der Waals surface area contributed by atoms with Crippen LogP contribution in [0.15, 0.2) is 24.3 Å². The first-order valence-electron chi connectivity index (χ1n) is 7.58. The molecule has 6 heteroatoms. The van der Waals surface area contributed by atoms with Crippen molar-refractivity contribution < 1.29 is 4.79 Å². The van der Waals surface area contributed by atoms with E-state index in [1.54, 1.807) is 0 Å². The molecule has 23 heavy (non-hydrogen) atoms. The Bertz CT molecular complexity index is 732. The molecule has 0 saturated heterocycles. The second-order valence-corrected chi connectivity index (χ2v) is 8.36. The minimum atomic E-state index is -0.0485. The maximum atomic E-state index is 12.4. The number of rotatable bonds is 3. The van der Waals surface area contributed by atoms with Gasteiger partial charge in [0.15, 0.2) is 0 Å². The molecule has 0 aliphatic carbocycles. The van der Waals surface area contributed by atoms with E-state index in [4.69, 9.17) is 11.6 Å². The van der Waals surface area contributed by atoms with E-state index in [1.165, 1.54) is 0 Å². The number of hydrogen-bond donors (Lipinski definition) is 1. The fourth-order valence-corrected chi connectivity index (χ4v) is 3.73. The zero-order valence-corrected chi connectivity index (χ0v) is 15.1. The number of nitrogens with one attached hydrogen (secondary N) is 1. The average Bonchev–Trinajstić information content (AvgIpc) is 3.00. The van der Waals surface area contributed by atoms with Crippen LogP contribution in [0.25, 0.3) is 5.69 Å². The Labute approximate surface area is 145 Å². The van der Waals surface area contributed by atoms with Crippen LogP contribution in [-0.4, -0.2) is 15.7 Å². The van der Waals surface area contributed by atoms with Crippen molar-refractivity contribution in [1.82, 2.24) is 9.78 Å². The Kier molecular flexibility index (Phi) is 4.43. The van der Waals surface area contributed by atoms with Gasteiger partial charge in [-0.1, -0.05) is 32.4 Å². The van der Waals surface area contributed by atoms with Crippen molar-refractivity contribution in [3.05, 3.63) is 40.5 Å². The van der Waals surface area contributed by atoms with Gasteiger partial charge in [-0.2, -0.15) is 16.9 Å². The SMILES string of the molecule is CC(C)(C)CC(=O)Nc1c2c(nn1-c1ccc(Cl)cc1)CSC2. The molecule has 1 aromatic carbocycles. The van der Waals surface area contributed by atoms with E-state index >= 15 is 0 Å². The third-order valence-electron chi connectivity index (χ3n) is 3.57. The smallest absolute Gasteiger partial charge is 0.226 e. The molecule has 0 bridgehead atoms. The van der Waals surface area contributed by atoms with Crippen LogP contribution in [0.1, 0.15) is 38.4 Å². The quantitative estimate of drug-likeness (QED) is 0.877. The highest BCUT2D eigenvalue weighted by Gasteiger charge is 2.25. The van der Waals surface area contributed by atoms with Crippen molar-refractivity contribution in [2.45, 2.75) is 38.7 Å². The van der Waals surface area contributed by atoms with E-state index in [0.717, 1.165) is 34.3 Å². The van der Waals surface area contributed by atoms with Crippen LogP contribution >= 0.6 is 23.4 Å². The number of fused-ring (bicyclic) bond motifs is 1. The fraction of sp³-hybridized carbons (Fsp3) is 0.412. The zero-order valence-electron chi connectivity index (χ0n) is 13.5. The second kappa shape index (κ2) is 6.21. The lowest BCUT2D eigenvalue weighted by atomic mass is 9.92. The Morgan fingerprint density at radius 1 is 1.30 bits per heavy atom. The molecular weight excluding hydrogens is 330 g/mol. The standard InChI is InChI=1S/C17H20ClN3OS/c1-17(2,3)8-15(22)19-16-13-9-23-10-14(13)20-21(16)12-6-4-11(18)5-7-12/h4-7H,8-10H2,1-3H3,(H,19,22). The molecule has 0 radical (unpaired) electrons. The molecule has 0 fully saturated rings. The molecule has 4 nitrogen and oxygen atoms in total. The normalized spacial score (nSPS) is 13.9. The number of nitrogens with zero attached hydrogens (tertiary/aromatic N) is 2. The summed E-state index contributed by atoms with van der Waals surface area (Å²) in [4.78, 5) is 12.4. The molecule has 1 aliphatic rings. The topological polar surface area (TPSA) is 46.9 Å². The summed E-state index contributed by atoms with van der Waals surface area (Å²) < 4.78 is 1.82. The largest absolute Gasteiger partial charge is 0.310 e. The molecule has 2 aromatic rings. The summed E-state index contributed by atoms with van der Waals surface area (Å²) in [5, 5.41) is 8.44. The van der Waals surface area contributed by atoms with Crippen LogP contribution in [0.3, 0.4) is 0 Å². The van der Waals surface area contributed by atoms with E-state index in [0.29, 0.717) is 11.4 Å². The van der Waals surface area contributed by atoms with Gasteiger partial charge >= 0.3 is 0 Å². The molecule has 2 heterocycles. The highest BCUT2D eigenvalue weighted by molar-refractivity contribution is 7.98. The van der Waals surface area contributed by atoms with Crippen LogP contribution in [0.2, 0.25) is 5.02 Å². The minimum absolute atomic E-state index is 0.0207. The van der Waals surface area contributed by atoms with Crippen molar-refractivity contribution in [3.63, 3.8) is 0 Å². The maximum absolute atomic E-state index is 12.4. The van der Waals surface area contributed by atoms with E-state index in [1.807, 2.05) is 40.7 Å². The highest BCUT2D eigenvalue weighted by Crippen LogP contribution is 2.36. The van der Waals surface area contributed by atoms with Crippen molar-refractivity contribution in [2.24, 2.45) is 5.41 Å². The summed E-state index contributed by atoms with van der Waals surface area (Å²) in [5.41, 5.74) is 3.04. The lowest BCUT2D eigenvalue weighted by Crippen LogP contribution is -2.21. The van der Waals surface area contributed by atoms with Crippen LogP contribution in [0.4, 0.5) is 5.82 Å². The maximum Gasteiger partial charge on any atom is 0.226 e. The monoisotopic (exact) mass is 349 g/mol. The lowest BCUT2D eigenvalue weighted by Gasteiger charge is -2.18. The molecule has 1 N–H and O–H groups in total. The summed E-state index contributed by atoms with van der Waals surface area (Å²) in [5.74, 6) is 2.58. The Morgan fingerprint density at radius 3 is 2.65 bits per heavy atom. The molecule has 0 unspecified atom stereocenters. The van der Waals surface area contributed by atoms with Gasteiger partial charge in [-0.3, -0.25) is 4.79 Å². The summed E-state index contributed by atoms with van der Waals surface area (Å²) in [6.07, 6.45) is 0.473. The van der Waals surface area contributed by atoms with Gasteiger partial charge in [0.25, 0.3) is 0 Å². The number of hydrogen-bond acceptors (Lipinski definition) is 3. The molecule has 1 amide bonds. The number of aromatic nitrogens is 2. The van der Waals surface area contributed by atoms with Gasteiger partial charge in [-0.05, 0) is 29.7 Å². The number of thioether (sulfide) groups is 1. The van der Waals surface area contributed by atoms with Gasteiger partial charge in [0.1, 0.15) is 5.82 Å². The number of anilines is 1. The van der Waals surface area contributed by atoms with E-state index in [-0.39, 0.29) is 11.3 Å². The van der Waals surface area contributed by atoms with Gasteiger partial charge in [0.05, 0.1) is 11.4 Å². The molecule has 0 atom stereocenters. The Morgan fingerprint density at radius 2 is 2.00 bits per heavy atom. The van der Waals surface area contributed by atoms with Gasteiger partial charge < -0.3 is 5.32 Å². The highest BCUT2D eigenvalue weighted by atomic mass is 35.5. The summed E-state index contributed by atoms with van der Waals surface area (Å²) >= 11 is 7.79. The Balaban J connectivity index is 1.95. The average molecular weight is 350 g/mol. The molecule has 1 aromatic heterocycles. The van der Waals surface area contributed by atoms with Crippen molar-refractivity contribution >= 4 is 35.1 Å².